The Balaban J connectivity index is 2.22. The minimum atomic E-state index is -0.604. The fourth-order valence-corrected chi connectivity index (χ4v) is 3.19. The smallest absolute Gasteiger partial charge is 0.242 e. The van der Waals surface area contributed by atoms with Crippen LogP contribution in [-0.4, -0.2) is 36.4 Å². The number of carbonyl (C=O) groups is 2. The van der Waals surface area contributed by atoms with Gasteiger partial charge in [0.2, 0.25) is 11.8 Å². The molecule has 29 heavy (non-hydrogen) atoms. The quantitative estimate of drug-likeness (QED) is 0.590. The van der Waals surface area contributed by atoms with E-state index >= 15 is 0 Å². The Bertz CT molecular complexity index is 825. The Labute approximate surface area is 178 Å². The molecule has 2 rings (SSSR count). The van der Waals surface area contributed by atoms with E-state index in [-0.39, 0.29) is 18.2 Å². The van der Waals surface area contributed by atoms with Crippen LogP contribution in [0.25, 0.3) is 0 Å². The van der Waals surface area contributed by atoms with Crippen molar-refractivity contribution in [1.29, 1.82) is 0 Å². The van der Waals surface area contributed by atoms with Crippen LogP contribution in [0.3, 0.4) is 0 Å². The fourth-order valence-electron chi connectivity index (χ4n) is 2.99. The lowest BCUT2D eigenvalue weighted by Gasteiger charge is -2.29. The molecule has 0 spiro atoms. The molecule has 2 aromatic rings. The highest BCUT2D eigenvalue weighted by Gasteiger charge is 2.26. The van der Waals surface area contributed by atoms with Crippen LogP contribution in [0.5, 0.6) is 5.75 Å². The molecule has 0 bridgehead atoms. The van der Waals surface area contributed by atoms with E-state index in [4.69, 9.17) is 16.3 Å². The zero-order valence-corrected chi connectivity index (χ0v) is 18.0. The van der Waals surface area contributed by atoms with Crippen molar-refractivity contribution in [2.75, 3.05) is 13.7 Å². The summed E-state index contributed by atoms with van der Waals surface area (Å²) in [6.07, 6.45) is 2.03. The highest BCUT2D eigenvalue weighted by molar-refractivity contribution is 6.31. The van der Waals surface area contributed by atoms with E-state index in [1.165, 1.54) is 0 Å². The average molecular weight is 417 g/mol. The maximum absolute atomic E-state index is 13.2. The van der Waals surface area contributed by atoms with E-state index in [0.717, 1.165) is 24.0 Å². The summed E-state index contributed by atoms with van der Waals surface area (Å²) in [4.78, 5) is 27.4. The van der Waals surface area contributed by atoms with Gasteiger partial charge in [-0.1, -0.05) is 55.3 Å². The first-order chi connectivity index (χ1) is 14.0. The molecule has 6 heteroatoms. The van der Waals surface area contributed by atoms with E-state index in [2.05, 4.69) is 12.2 Å². The minimum Gasteiger partial charge on any atom is -0.497 e. The second-order valence-corrected chi connectivity index (χ2v) is 7.37. The first-order valence-corrected chi connectivity index (χ1v) is 10.3. The summed E-state index contributed by atoms with van der Waals surface area (Å²) in [5.41, 5.74) is 1.64. The van der Waals surface area contributed by atoms with Crippen molar-refractivity contribution >= 4 is 23.4 Å². The summed E-state index contributed by atoms with van der Waals surface area (Å²) < 4.78 is 5.28. The van der Waals surface area contributed by atoms with Gasteiger partial charge in [0.15, 0.2) is 0 Å². The van der Waals surface area contributed by atoms with Crippen molar-refractivity contribution in [3.05, 3.63) is 64.7 Å². The zero-order valence-electron chi connectivity index (χ0n) is 17.3. The summed E-state index contributed by atoms with van der Waals surface area (Å²) in [5.74, 6) is 0.397. The number of hydrogen-bond donors (Lipinski definition) is 1. The van der Waals surface area contributed by atoms with Gasteiger partial charge in [0, 0.05) is 18.1 Å². The monoisotopic (exact) mass is 416 g/mol. The van der Waals surface area contributed by atoms with E-state index in [0.29, 0.717) is 23.9 Å². The molecule has 0 heterocycles. The molecule has 156 valence electrons. The fraction of sp³-hybridized carbons (Fsp3) is 0.391. The Morgan fingerprint density at radius 2 is 1.93 bits per heavy atom. The highest BCUT2D eigenvalue weighted by atomic mass is 35.5. The molecule has 1 unspecified atom stereocenters. The van der Waals surface area contributed by atoms with Crippen molar-refractivity contribution in [2.24, 2.45) is 0 Å². The number of carbonyl (C=O) groups excluding carboxylic acids is 2. The normalized spacial score (nSPS) is 11.6. The van der Waals surface area contributed by atoms with Gasteiger partial charge in [0.05, 0.1) is 13.5 Å². The third-order valence-electron chi connectivity index (χ3n) is 4.78. The van der Waals surface area contributed by atoms with Gasteiger partial charge >= 0.3 is 0 Å². The molecule has 1 N–H and O–H groups in total. The summed E-state index contributed by atoms with van der Waals surface area (Å²) in [6, 6.07) is 14.2. The molecule has 0 aromatic heterocycles. The van der Waals surface area contributed by atoms with Crippen molar-refractivity contribution in [3.63, 3.8) is 0 Å². The second kappa shape index (κ2) is 11.5. The standard InChI is InChI=1S/C23H29ClN2O3/c1-4-5-13-25-23(28)17(2)26(16-18-9-8-11-20(14-18)29-3)22(27)15-19-10-6-7-12-21(19)24/h6-12,14,17H,4-5,13,15-16H2,1-3H3,(H,25,28). The summed E-state index contributed by atoms with van der Waals surface area (Å²) in [6.45, 7) is 4.73. The van der Waals surface area contributed by atoms with E-state index < -0.39 is 6.04 Å². The maximum Gasteiger partial charge on any atom is 0.242 e. The Morgan fingerprint density at radius 3 is 2.62 bits per heavy atom. The third-order valence-corrected chi connectivity index (χ3v) is 5.15. The molecule has 0 saturated heterocycles. The first kappa shape index (κ1) is 22.8. The number of amides is 2. The van der Waals surface area contributed by atoms with Gasteiger partial charge in [-0.05, 0) is 42.7 Å². The van der Waals surface area contributed by atoms with Crippen molar-refractivity contribution in [1.82, 2.24) is 10.2 Å². The molecule has 5 nitrogen and oxygen atoms in total. The van der Waals surface area contributed by atoms with Gasteiger partial charge in [0.25, 0.3) is 0 Å². The lowest BCUT2D eigenvalue weighted by molar-refractivity contribution is -0.140. The van der Waals surface area contributed by atoms with E-state index in [1.54, 1.807) is 25.0 Å². The summed E-state index contributed by atoms with van der Waals surface area (Å²) >= 11 is 6.23. The average Bonchev–Trinajstić information content (AvgIpc) is 2.73. The van der Waals surface area contributed by atoms with Crippen LogP contribution < -0.4 is 10.1 Å². The highest BCUT2D eigenvalue weighted by Crippen LogP contribution is 2.20. The van der Waals surface area contributed by atoms with Gasteiger partial charge in [-0.2, -0.15) is 0 Å². The molecule has 2 amide bonds. The third kappa shape index (κ3) is 6.79. The molecule has 1 atom stereocenters. The largest absolute Gasteiger partial charge is 0.497 e. The molecule has 0 aliphatic carbocycles. The number of unbranched alkanes of at least 4 members (excludes halogenated alkanes) is 1. The van der Waals surface area contributed by atoms with Gasteiger partial charge in [-0.3, -0.25) is 9.59 Å². The van der Waals surface area contributed by atoms with Crippen LogP contribution in [0.1, 0.15) is 37.8 Å². The number of nitrogens with one attached hydrogen (secondary N) is 1. The Kier molecular flexibility index (Phi) is 9.00. The van der Waals surface area contributed by atoms with Gasteiger partial charge < -0.3 is 15.0 Å². The first-order valence-electron chi connectivity index (χ1n) is 9.89. The molecule has 0 aliphatic heterocycles. The van der Waals surface area contributed by atoms with Crippen LogP contribution in [-0.2, 0) is 22.6 Å². The number of methoxy groups -OCH3 is 1. The zero-order chi connectivity index (χ0) is 21.2. The SMILES string of the molecule is CCCCNC(=O)C(C)N(Cc1cccc(OC)c1)C(=O)Cc1ccccc1Cl. The molecule has 0 saturated carbocycles. The predicted molar refractivity (Wildman–Crippen MR) is 116 cm³/mol. The summed E-state index contributed by atoms with van der Waals surface area (Å²) in [5, 5.41) is 3.46. The van der Waals surface area contributed by atoms with Gasteiger partial charge in [-0.15, -0.1) is 0 Å². The summed E-state index contributed by atoms with van der Waals surface area (Å²) in [7, 11) is 1.60. The Hall–Kier alpha value is -2.53. The van der Waals surface area contributed by atoms with Crippen LogP contribution in [0.2, 0.25) is 5.02 Å². The second-order valence-electron chi connectivity index (χ2n) is 6.96. The van der Waals surface area contributed by atoms with E-state index in [9.17, 15) is 9.59 Å². The molecule has 2 aromatic carbocycles. The lowest BCUT2D eigenvalue weighted by atomic mass is 10.1. The van der Waals surface area contributed by atoms with Crippen LogP contribution in [0.15, 0.2) is 48.5 Å². The van der Waals surface area contributed by atoms with Crippen molar-refractivity contribution in [2.45, 2.75) is 45.7 Å². The van der Waals surface area contributed by atoms with Crippen molar-refractivity contribution in [3.8, 4) is 5.75 Å². The van der Waals surface area contributed by atoms with Gasteiger partial charge in [0.1, 0.15) is 11.8 Å². The maximum atomic E-state index is 13.2. The van der Waals surface area contributed by atoms with Gasteiger partial charge in [-0.25, -0.2) is 0 Å². The molecular weight excluding hydrogens is 388 g/mol. The number of halogens is 1. The molecular formula is C23H29ClN2O3. The molecule has 0 aliphatic rings. The Morgan fingerprint density at radius 1 is 1.17 bits per heavy atom. The van der Waals surface area contributed by atoms with Crippen molar-refractivity contribution < 1.29 is 14.3 Å². The van der Waals surface area contributed by atoms with Crippen LogP contribution in [0.4, 0.5) is 0 Å². The predicted octanol–water partition coefficient (Wildman–Crippen LogP) is 4.22. The number of nitrogens with zero attached hydrogens (tertiary/aromatic N) is 1. The minimum absolute atomic E-state index is 0.135. The van der Waals surface area contributed by atoms with E-state index in [1.807, 2.05) is 42.5 Å². The van der Waals surface area contributed by atoms with Crippen LogP contribution >= 0.6 is 11.6 Å². The number of ether oxygens (including phenoxy) is 1. The number of benzene rings is 2. The lowest BCUT2D eigenvalue weighted by Crippen LogP contribution is -2.48. The topological polar surface area (TPSA) is 58.6 Å². The number of hydrogen-bond acceptors (Lipinski definition) is 3. The van der Waals surface area contributed by atoms with Crippen LogP contribution in [0, 0.1) is 0 Å². The molecule has 0 radical (unpaired) electrons. The molecule has 0 fully saturated rings. The number of rotatable bonds is 10.